The van der Waals surface area contributed by atoms with Crippen molar-refractivity contribution in [1.29, 1.82) is 0 Å². The quantitative estimate of drug-likeness (QED) is 0.0263. The average molecular weight is 831 g/mol. The van der Waals surface area contributed by atoms with Crippen LogP contribution >= 0.6 is 0 Å². The molecule has 0 aliphatic heterocycles. The Hall–Kier alpha value is -2.11. The third-order valence-electron chi connectivity index (χ3n) is 11.4. The zero-order valence-electron chi connectivity index (χ0n) is 39.5. The van der Waals surface area contributed by atoms with Crippen LogP contribution in [0.25, 0.3) is 0 Å². The van der Waals surface area contributed by atoms with Gasteiger partial charge < -0.3 is 14.2 Å². The molecular formula is C53H98O6. The Balaban J connectivity index is 4.11. The van der Waals surface area contributed by atoms with Crippen molar-refractivity contribution < 1.29 is 28.6 Å². The molecule has 0 N–H and O–H groups in total. The number of hydrogen-bond acceptors (Lipinski definition) is 6. The smallest absolute Gasteiger partial charge is 0.306 e. The van der Waals surface area contributed by atoms with Gasteiger partial charge in [-0.2, -0.15) is 0 Å². The first-order valence-corrected chi connectivity index (χ1v) is 25.8. The fourth-order valence-corrected chi connectivity index (χ4v) is 7.48. The van der Waals surface area contributed by atoms with E-state index in [1.807, 2.05) is 0 Å². The zero-order valence-corrected chi connectivity index (χ0v) is 39.5. The third-order valence-corrected chi connectivity index (χ3v) is 11.4. The van der Waals surface area contributed by atoms with Crippen molar-refractivity contribution in [3.63, 3.8) is 0 Å². The minimum Gasteiger partial charge on any atom is -0.462 e. The summed E-state index contributed by atoms with van der Waals surface area (Å²) in [7, 11) is 0. The number of unbranched alkanes of at least 4 members (excludes halogenated alkanes) is 32. The molecule has 6 nitrogen and oxygen atoms in total. The van der Waals surface area contributed by atoms with Crippen molar-refractivity contribution in [3.8, 4) is 0 Å². The monoisotopic (exact) mass is 831 g/mol. The van der Waals surface area contributed by atoms with Gasteiger partial charge in [-0.25, -0.2) is 0 Å². The highest BCUT2D eigenvalue weighted by Crippen LogP contribution is 2.15. The number of carbonyl (C=O) groups is 3. The Labute approximate surface area is 366 Å². The third kappa shape index (κ3) is 46.8. The molecule has 346 valence electrons. The molecule has 0 spiro atoms. The van der Waals surface area contributed by atoms with Gasteiger partial charge in [0.05, 0.1) is 0 Å². The zero-order chi connectivity index (χ0) is 43.0. The number of rotatable bonds is 47. The van der Waals surface area contributed by atoms with E-state index in [9.17, 15) is 14.4 Å². The van der Waals surface area contributed by atoms with Gasteiger partial charge in [0.2, 0.25) is 0 Å². The van der Waals surface area contributed by atoms with Gasteiger partial charge in [-0.3, -0.25) is 14.4 Å². The molecule has 0 aliphatic carbocycles. The molecule has 0 saturated heterocycles. The molecular weight excluding hydrogens is 733 g/mol. The highest BCUT2D eigenvalue weighted by Gasteiger charge is 2.19. The Morgan fingerprint density at radius 2 is 0.576 bits per heavy atom. The van der Waals surface area contributed by atoms with Crippen molar-refractivity contribution in [2.75, 3.05) is 13.2 Å². The number of esters is 3. The molecule has 0 saturated carbocycles. The lowest BCUT2D eigenvalue weighted by molar-refractivity contribution is -0.167. The van der Waals surface area contributed by atoms with Gasteiger partial charge in [-0.15, -0.1) is 0 Å². The van der Waals surface area contributed by atoms with Crippen LogP contribution in [0.1, 0.15) is 278 Å². The maximum atomic E-state index is 12.7. The molecule has 0 fully saturated rings. The maximum Gasteiger partial charge on any atom is 0.306 e. The first kappa shape index (κ1) is 56.9. The van der Waals surface area contributed by atoms with Crippen LogP contribution in [-0.2, 0) is 28.6 Å². The molecule has 0 aromatic carbocycles. The van der Waals surface area contributed by atoms with Gasteiger partial charge in [-0.1, -0.05) is 218 Å². The van der Waals surface area contributed by atoms with Crippen molar-refractivity contribution in [1.82, 2.24) is 0 Å². The van der Waals surface area contributed by atoms with Crippen molar-refractivity contribution in [2.24, 2.45) is 0 Å². The number of allylic oxidation sites excluding steroid dienone is 4. The first-order valence-electron chi connectivity index (χ1n) is 25.8. The van der Waals surface area contributed by atoms with E-state index in [4.69, 9.17) is 14.2 Å². The predicted octanol–water partition coefficient (Wildman–Crippen LogP) is 16.8. The standard InChI is InChI=1S/C53H98O6/c1-4-7-10-13-16-18-20-21-22-23-24-25-26-27-28-29-30-31-33-34-37-40-43-46-52(55)58-49-50(48-57-51(54)45-42-39-36-15-12-9-6-3)59-53(56)47-44-41-38-35-32-19-17-14-11-8-5-2/h14,17,23-24,50H,4-13,15-16,18-22,25-49H2,1-3H3/b17-14-,24-23-. The van der Waals surface area contributed by atoms with Crippen LogP contribution in [0.3, 0.4) is 0 Å². The summed E-state index contributed by atoms with van der Waals surface area (Å²) in [5.74, 6) is -0.881. The topological polar surface area (TPSA) is 78.9 Å². The molecule has 0 rings (SSSR count). The lowest BCUT2D eigenvalue weighted by Gasteiger charge is -2.18. The van der Waals surface area contributed by atoms with Gasteiger partial charge in [0, 0.05) is 19.3 Å². The second-order valence-corrected chi connectivity index (χ2v) is 17.4. The Morgan fingerprint density at radius 3 is 0.898 bits per heavy atom. The molecule has 0 bridgehead atoms. The molecule has 1 atom stereocenters. The molecule has 0 aromatic heterocycles. The second-order valence-electron chi connectivity index (χ2n) is 17.4. The normalized spacial score (nSPS) is 12.1. The van der Waals surface area contributed by atoms with Gasteiger partial charge >= 0.3 is 17.9 Å². The fraction of sp³-hybridized carbons (Fsp3) is 0.868. The lowest BCUT2D eigenvalue weighted by Crippen LogP contribution is -2.30. The van der Waals surface area contributed by atoms with Crippen molar-refractivity contribution in [3.05, 3.63) is 24.3 Å². The summed E-state index contributed by atoms with van der Waals surface area (Å²) >= 11 is 0. The molecule has 0 amide bonds. The summed E-state index contributed by atoms with van der Waals surface area (Å²) in [6.07, 6.45) is 54.8. The summed E-state index contributed by atoms with van der Waals surface area (Å²) < 4.78 is 16.7. The summed E-state index contributed by atoms with van der Waals surface area (Å²) in [5.41, 5.74) is 0. The minimum atomic E-state index is -0.768. The maximum absolute atomic E-state index is 12.7. The van der Waals surface area contributed by atoms with Crippen LogP contribution in [-0.4, -0.2) is 37.2 Å². The number of carbonyl (C=O) groups excluding carboxylic acids is 3. The van der Waals surface area contributed by atoms with Gasteiger partial charge in [-0.05, 0) is 64.2 Å². The Morgan fingerprint density at radius 1 is 0.322 bits per heavy atom. The van der Waals surface area contributed by atoms with E-state index in [0.29, 0.717) is 19.3 Å². The molecule has 0 aromatic rings. The molecule has 0 aliphatic rings. The summed E-state index contributed by atoms with van der Waals surface area (Å²) in [6, 6.07) is 0. The van der Waals surface area contributed by atoms with Crippen LogP contribution in [0.4, 0.5) is 0 Å². The van der Waals surface area contributed by atoms with Crippen LogP contribution < -0.4 is 0 Å². The fourth-order valence-electron chi connectivity index (χ4n) is 7.48. The first-order chi connectivity index (χ1) is 29.0. The number of hydrogen-bond donors (Lipinski definition) is 0. The summed E-state index contributed by atoms with van der Waals surface area (Å²) in [6.45, 7) is 6.57. The van der Waals surface area contributed by atoms with Crippen molar-refractivity contribution >= 4 is 17.9 Å². The second kappa shape index (κ2) is 48.6. The van der Waals surface area contributed by atoms with Gasteiger partial charge in [0.15, 0.2) is 6.10 Å². The molecule has 0 heterocycles. The highest BCUT2D eigenvalue weighted by atomic mass is 16.6. The van der Waals surface area contributed by atoms with E-state index < -0.39 is 6.10 Å². The van der Waals surface area contributed by atoms with E-state index in [2.05, 4.69) is 45.1 Å². The molecule has 1 unspecified atom stereocenters. The van der Waals surface area contributed by atoms with Gasteiger partial charge in [0.1, 0.15) is 13.2 Å². The highest BCUT2D eigenvalue weighted by molar-refractivity contribution is 5.71. The van der Waals surface area contributed by atoms with Gasteiger partial charge in [0.25, 0.3) is 0 Å². The van der Waals surface area contributed by atoms with E-state index >= 15 is 0 Å². The minimum absolute atomic E-state index is 0.0723. The lowest BCUT2D eigenvalue weighted by atomic mass is 10.0. The molecule has 59 heavy (non-hydrogen) atoms. The van der Waals surface area contributed by atoms with Crippen LogP contribution in [0, 0.1) is 0 Å². The molecule has 0 radical (unpaired) electrons. The summed E-state index contributed by atoms with van der Waals surface area (Å²) in [5, 5.41) is 0. The summed E-state index contributed by atoms with van der Waals surface area (Å²) in [4.78, 5) is 37.7. The van der Waals surface area contributed by atoms with E-state index in [-0.39, 0.29) is 31.1 Å². The van der Waals surface area contributed by atoms with Crippen molar-refractivity contribution in [2.45, 2.75) is 284 Å². The molecule has 6 heteroatoms. The number of ether oxygens (including phenoxy) is 3. The van der Waals surface area contributed by atoms with Crippen LogP contribution in [0.5, 0.6) is 0 Å². The van der Waals surface area contributed by atoms with E-state index in [1.165, 1.54) is 173 Å². The Bertz CT molecular complexity index is 958. The predicted molar refractivity (Wildman–Crippen MR) is 252 cm³/mol. The largest absolute Gasteiger partial charge is 0.462 e. The Kier molecular flexibility index (Phi) is 46.8. The van der Waals surface area contributed by atoms with Crippen LogP contribution in [0.15, 0.2) is 24.3 Å². The average Bonchev–Trinajstić information content (AvgIpc) is 3.23. The van der Waals surface area contributed by atoms with E-state index in [1.54, 1.807) is 0 Å². The van der Waals surface area contributed by atoms with Crippen LogP contribution in [0.2, 0.25) is 0 Å². The van der Waals surface area contributed by atoms with E-state index in [0.717, 1.165) is 64.2 Å². The SMILES string of the molecule is CCCC/C=C\CCCCCCCC(=O)OC(COC(=O)CCCCCCCCC)COC(=O)CCCCCCCCCCCCC/C=C\CCCCCCCCCC.